The summed E-state index contributed by atoms with van der Waals surface area (Å²) in [5.74, 6) is 0. The molecule has 0 unspecified atom stereocenters. The molecule has 3 N–H and O–H groups in total. The molecule has 0 aromatic heterocycles. The van der Waals surface area contributed by atoms with E-state index in [1.54, 1.807) is 0 Å². The Morgan fingerprint density at radius 3 is 1.40 bits per heavy atom. The molecule has 0 atom stereocenters. The van der Waals surface area contributed by atoms with Gasteiger partial charge in [-0.05, 0) is 13.6 Å². The van der Waals surface area contributed by atoms with Crippen LogP contribution in [-0.4, -0.2) is 36.6 Å². The van der Waals surface area contributed by atoms with Gasteiger partial charge in [-0.3, -0.25) is 0 Å². The Morgan fingerprint density at radius 1 is 0.900 bits per heavy atom. The first-order valence-electron chi connectivity index (χ1n) is 2.87. The highest BCUT2D eigenvalue weighted by atomic mass is 16.7. The molecule has 0 radical (unpaired) electrons. The van der Waals surface area contributed by atoms with E-state index in [1.165, 1.54) is 13.6 Å². The first kappa shape index (κ1) is 9.99. The largest absolute Gasteiger partial charge is 0.608 e. The maximum atomic E-state index is 8.63. The average Bonchev–Trinajstić information content (AvgIpc) is 1.58. The first-order valence-corrected chi connectivity index (χ1v) is 2.87. The van der Waals surface area contributed by atoms with Crippen molar-refractivity contribution in [2.45, 2.75) is 13.6 Å². The van der Waals surface area contributed by atoms with E-state index in [2.05, 4.69) is 9.14 Å². The molecule has 0 aliphatic rings. The van der Waals surface area contributed by atoms with E-state index in [9.17, 15) is 0 Å². The van der Waals surface area contributed by atoms with Crippen LogP contribution in [0.2, 0.25) is 13.6 Å². The molecule has 0 aromatic carbocycles. The van der Waals surface area contributed by atoms with E-state index >= 15 is 0 Å². The van der Waals surface area contributed by atoms with Gasteiger partial charge in [0.15, 0.2) is 0 Å². The Bertz CT molecular complexity index is 77.0. The summed E-state index contributed by atoms with van der Waals surface area (Å²) in [4.78, 5) is 0. The maximum absolute atomic E-state index is 8.63. The van der Waals surface area contributed by atoms with Gasteiger partial charge in [0.25, 0.3) is 0 Å². The minimum Gasteiger partial charge on any atom is -0.428 e. The second-order valence-corrected chi connectivity index (χ2v) is 1.78. The maximum Gasteiger partial charge on any atom is 0.608 e. The molecule has 0 aromatic rings. The van der Waals surface area contributed by atoms with Crippen LogP contribution in [0.15, 0.2) is 0 Å². The molecule has 0 amide bonds. The highest BCUT2D eigenvalue weighted by Gasteiger charge is 2.23. The zero-order valence-corrected chi connectivity index (χ0v) is 5.89. The fourth-order valence-electron chi connectivity index (χ4n) is 0.369. The molecule has 0 rings (SSSR count). The summed E-state index contributed by atoms with van der Waals surface area (Å²) < 4.78 is 8.58. The Balaban J connectivity index is 3.34. The van der Waals surface area contributed by atoms with E-state index in [-0.39, 0.29) is 0 Å². The van der Waals surface area contributed by atoms with Crippen molar-refractivity contribution in [2.75, 3.05) is 0 Å². The number of hydrogen-bond acceptors (Lipinski definition) is 5. The lowest BCUT2D eigenvalue weighted by atomic mass is 9.89. The molecule has 0 saturated carbocycles. The molecule has 10 heavy (non-hydrogen) atoms. The molecule has 0 aliphatic carbocycles. The van der Waals surface area contributed by atoms with Crippen molar-refractivity contribution < 1.29 is 24.2 Å². The zero-order chi connectivity index (χ0) is 8.15. The summed E-state index contributed by atoms with van der Waals surface area (Å²) >= 11 is 0. The molecule has 8 heteroatoms. The van der Waals surface area contributed by atoms with E-state index in [4.69, 9.17) is 15.1 Å². The van der Waals surface area contributed by atoms with Gasteiger partial charge in [0, 0.05) is 0 Å². The summed E-state index contributed by atoms with van der Waals surface area (Å²) in [7, 11) is -3.82. The van der Waals surface area contributed by atoms with Crippen molar-refractivity contribution in [1.29, 1.82) is 0 Å². The lowest BCUT2D eigenvalue weighted by Crippen LogP contribution is -2.34. The molecule has 56 valence electrons. The SMILES string of the molecule is CB(O)OB(O)OB(C)O. The molecule has 0 fully saturated rings. The van der Waals surface area contributed by atoms with Gasteiger partial charge in [0.05, 0.1) is 0 Å². The Hall–Kier alpha value is -0.00519. The quantitative estimate of drug-likeness (QED) is 0.408. The summed E-state index contributed by atoms with van der Waals surface area (Å²) in [5, 5.41) is 25.6. The summed E-state index contributed by atoms with van der Waals surface area (Å²) in [6, 6.07) is 0. The molecule has 0 saturated heterocycles. The van der Waals surface area contributed by atoms with Gasteiger partial charge in [-0.2, -0.15) is 0 Å². The van der Waals surface area contributed by atoms with Crippen LogP contribution in [0.3, 0.4) is 0 Å². The standard InChI is InChI=1S/C2H9B3O5/c1-3(6)9-5(8)10-4(2)7/h6-8H,1-2H3. The number of hydrogen-bond donors (Lipinski definition) is 3. The summed E-state index contributed by atoms with van der Waals surface area (Å²) in [6.07, 6.45) is 0. The highest BCUT2D eigenvalue weighted by molar-refractivity contribution is 6.59. The van der Waals surface area contributed by atoms with Crippen molar-refractivity contribution in [3.05, 3.63) is 0 Å². The van der Waals surface area contributed by atoms with Gasteiger partial charge >= 0.3 is 21.6 Å². The van der Waals surface area contributed by atoms with Gasteiger partial charge < -0.3 is 24.2 Å². The van der Waals surface area contributed by atoms with Crippen molar-refractivity contribution in [3.63, 3.8) is 0 Å². The third-order valence-corrected chi connectivity index (χ3v) is 0.627. The van der Waals surface area contributed by atoms with E-state index in [0.717, 1.165) is 0 Å². The molecule has 0 heterocycles. The summed E-state index contributed by atoms with van der Waals surface area (Å²) in [6.45, 7) is 2.63. The minimum atomic E-state index is -1.58. The Morgan fingerprint density at radius 2 is 1.20 bits per heavy atom. The van der Waals surface area contributed by atoms with Crippen LogP contribution in [0.4, 0.5) is 0 Å². The molecular formula is C2H9B3O5. The smallest absolute Gasteiger partial charge is 0.428 e. The van der Waals surface area contributed by atoms with E-state index < -0.39 is 21.6 Å². The van der Waals surface area contributed by atoms with Crippen LogP contribution in [0.25, 0.3) is 0 Å². The zero-order valence-electron chi connectivity index (χ0n) is 5.89. The van der Waals surface area contributed by atoms with Crippen molar-refractivity contribution in [2.24, 2.45) is 0 Å². The third-order valence-electron chi connectivity index (χ3n) is 0.627. The van der Waals surface area contributed by atoms with Gasteiger partial charge in [-0.15, -0.1) is 0 Å². The van der Waals surface area contributed by atoms with Crippen molar-refractivity contribution >= 4 is 21.6 Å². The van der Waals surface area contributed by atoms with E-state index in [1.807, 2.05) is 0 Å². The summed E-state index contributed by atoms with van der Waals surface area (Å²) in [5.41, 5.74) is 0. The first-order chi connectivity index (χ1) is 4.52. The van der Waals surface area contributed by atoms with E-state index in [0.29, 0.717) is 0 Å². The molecular weight excluding hydrogens is 136 g/mol. The topological polar surface area (TPSA) is 79.2 Å². The predicted molar refractivity (Wildman–Crippen MR) is 37.8 cm³/mol. The van der Waals surface area contributed by atoms with Gasteiger partial charge in [0.1, 0.15) is 0 Å². The second kappa shape index (κ2) is 4.76. The van der Waals surface area contributed by atoms with Gasteiger partial charge in [-0.1, -0.05) is 0 Å². The lowest BCUT2D eigenvalue weighted by Gasteiger charge is -2.08. The Kier molecular flexibility index (Phi) is 4.75. The van der Waals surface area contributed by atoms with Crippen LogP contribution < -0.4 is 0 Å². The molecule has 0 aliphatic heterocycles. The second-order valence-electron chi connectivity index (χ2n) is 1.78. The predicted octanol–water partition coefficient (Wildman–Crippen LogP) is -1.78. The Labute approximate surface area is 60.4 Å². The molecule has 0 bridgehead atoms. The van der Waals surface area contributed by atoms with Crippen molar-refractivity contribution in [3.8, 4) is 0 Å². The average molecular weight is 146 g/mol. The molecule has 0 spiro atoms. The van der Waals surface area contributed by atoms with Crippen LogP contribution >= 0.6 is 0 Å². The third kappa shape index (κ3) is 6.12. The van der Waals surface area contributed by atoms with Crippen LogP contribution in [0.1, 0.15) is 0 Å². The van der Waals surface area contributed by atoms with Crippen molar-refractivity contribution in [1.82, 2.24) is 0 Å². The monoisotopic (exact) mass is 146 g/mol. The minimum absolute atomic E-state index is 1.12. The fourth-order valence-corrected chi connectivity index (χ4v) is 0.369. The van der Waals surface area contributed by atoms with Gasteiger partial charge in [-0.25, -0.2) is 0 Å². The highest BCUT2D eigenvalue weighted by Crippen LogP contribution is 1.88. The molecule has 5 nitrogen and oxygen atoms in total. The number of rotatable bonds is 4. The van der Waals surface area contributed by atoms with Gasteiger partial charge in [0.2, 0.25) is 0 Å². The van der Waals surface area contributed by atoms with Crippen LogP contribution in [-0.2, 0) is 9.14 Å². The fraction of sp³-hybridized carbons (Fsp3) is 1.00. The lowest BCUT2D eigenvalue weighted by molar-refractivity contribution is 0.255. The normalized spacial score (nSPS) is 9.30. The van der Waals surface area contributed by atoms with Crippen LogP contribution in [0, 0.1) is 0 Å². The van der Waals surface area contributed by atoms with Crippen LogP contribution in [0.5, 0.6) is 0 Å².